The van der Waals surface area contributed by atoms with E-state index in [4.69, 9.17) is 10.5 Å². The number of rotatable bonds is 4. The Morgan fingerprint density at radius 3 is 2.88 bits per heavy atom. The average molecular weight is 235 g/mol. The molecule has 1 aliphatic rings. The lowest BCUT2D eigenvalue weighted by molar-refractivity contribution is -0.125. The smallest absolute Gasteiger partial charge is 0.227 e. The summed E-state index contributed by atoms with van der Waals surface area (Å²) in [6.07, 6.45) is 4.30. The van der Waals surface area contributed by atoms with Crippen molar-refractivity contribution in [2.24, 2.45) is 11.7 Å². The summed E-state index contributed by atoms with van der Waals surface area (Å²) in [6, 6.07) is 3.71. The Balaban J connectivity index is 1.73. The van der Waals surface area contributed by atoms with Gasteiger partial charge in [0, 0.05) is 25.0 Å². The maximum atomic E-state index is 11.8. The highest BCUT2D eigenvalue weighted by atomic mass is 16.5. The van der Waals surface area contributed by atoms with Crippen LogP contribution < -0.4 is 11.1 Å². The Kier molecular flexibility index (Phi) is 4.06. The van der Waals surface area contributed by atoms with Crippen LogP contribution in [0.2, 0.25) is 0 Å². The van der Waals surface area contributed by atoms with Crippen LogP contribution in [0.3, 0.4) is 0 Å². The monoisotopic (exact) mass is 235 g/mol. The number of hydrogen-bond donors (Lipinski definition) is 2. The summed E-state index contributed by atoms with van der Waals surface area (Å²) in [6.45, 7) is 1.52. The molecule has 2 atom stereocenters. The quantitative estimate of drug-likeness (QED) is 0.752. The van der Waals surface area contributed by atoms with E-state index in [1.165, 1.54) is 0 Å². The summed E-state index contributed by atoms with van der Waals surface area (Å²) in [5, 5.41) is 2.88. The number of nitrogens with one attached hydrogen (secondary N) is 1. The van der Waals surface area contributed by atoms with Crippen molar-refractivity contribution in [3.05, 3.63) is 30.1 Å². The highest BCUT2D eigenvalue weighted by molar-refractivity contribution is 5.79. The second-order valence-electron chi connectivity index (χ2n) is 4.20. The van der Waals surface area contributed by atoms with Crippen LogP contribution in [-0.2, 0) is 16.0 Å². The van der Waals surface area contributed by atoms with Crippen LogP contribution in [-0.4, -0.2) is 36.7 Å². The Bertz CT molecular complexity index is 369. The van der Waals surface area contributed by atoms with Crippen LogP contribution in [0.25, 0.3) is 0 Å². The predicted octanol–water partition coefficient (Wildman–Crippen LogP) is -0.286. The minimum atomic E-state index is -0.201. The predicted molar refractivity (Wildman–Crippen MR) is 63.2 cm³/mol. The molecule has 0 saturated carbocycles. The van der Waals surface area contributed by atoms with Crippen LogP contribution in [0.5, 0.6) is 0 Å². The first kappa shape index (κ1) is 12.0. The number of carbonyl (C=O) groups is 1. The van der Waals surface area contributed by atoms with Gasteiger partial charge in [0.25, 0.3) is 0 Å². The first-order valence-corrected chi connectivity index (χ1v) is 5.77. The van der Waals surface area contributed by atoms with Gasteiger partial charge in [-0.05, 0) is 24.1 Å². The first-order chi connectivity index (χ1) is 8.27. The number of carbonyl (C=O) groups excluding carboxylic acids is 1. The highest BCUT2D eigenvalue weighted by Gasteiger charge is 2.30. The molecule has 0 radical (unpaired) electrons. The fourth-order valence-corrected chi connectivity index (χ4v) is 1.85. The van der Waals surface area contributed by atoms with E-state index in [2.05, 4.69) is 10.3 Å². The molecule has 2 unspecified atom stereocenters. The molecule has 5 heteroatoms. The van der Waals surface area contributed by atoms with Crippen LogP contribution >= 0.6 is 0 Å². The van der Waals surface area contributed by atoms with Gasteiger partial charge in [-0.2, -0.15) is 0 Å². The third kappa shape index (κ3) is 3.25. The van der Waals surface area contributed by atoms with Crippen molar-refractivity contribution in [2.45, 2.75) is 12.5 Å². The molecule has 92 valence electrons. The van der Waals surface area contributed by atoms with Gasteiger partial charge < -0.3 is 15.8 Å². The first-order valence-electron chi connectivity index (χ1n) is 5.77. The number of amides is 1. The van der Waals surface area contributed by atoms with Crippen LogP contribution in [0, 0.1) is 5.92 Å². The van der Waals surface area contributed by atoms with E-state index in [1.54, 1.807) is 12.4 Å². The number of nitrogens with two attached hydrogens (primary N) is 1. The summed E-state index contributed by atoms with van der Waals surface area (Å²) in [4.78, 5) is 15.7. The van der Waals surface area contributed by atoms with Crippen molar-refractivity contribution in [2.75, 3.05) is 19.8 Å². The van der Waals surface area contributed by atoms with E-state index < -0.39 is 0 Å². The van der Waals surface area contributed by atoms with Gasteiger partial charge in [-0.25, -0.2) is 0 Å². The number of ether oxygens (including phenoxy) is 1. The lowest BCUT2D eigenvalue weighted by atomic mass is 10.0. The molecule has 0 spiro atoms. The SMILES string of the molecule is NC1COCC1C(=O)NCCc1ccncc1. The maximum absolute atomic E-state index is 11.8. The van der Waals surface area contributed by atoms with Crippen LogP contribution in [0.1, 0.15) is 5.56 Å². The summed E-state index contributed by atoms with van der Waals surface area (Å²) < 4.78 is 5.16. The molecule has 1 fully saturated rings. The molecule has 0 aliphatic carbocycles. The van der Waals surface area contributed by atoms with Gasteiger partial charge in [0.15, 0.2) is 0 Å². The fourth-order valence-electron chi connectivity index (χ4n) is 1.85. The van der Waals surface area contributed by atoms with Gasteiger partial charge >= 0.3 is 0 Å². The van der Waals surface area contributed by atoms with Crippen molar-refractivity contribution in [3.63, 3.8) is 0 Å². The van der Waals surface area contributed by atoms with Crippen LogP contribution in [0.15, 0.2) is 24.5 Å². The van der Waals surface area contributed by atoms with Crippen molar-refractivity contribution in [3.8, 4) is 0 Å². The van der Waals surface area contributed by atoms with Crippen molar-refractivity contribution >= 4 is 5.91 Å². The van der Waals surface area contributed by atoms with E-state index in [1.807, 2.05) is 12.1 Å². The summed E-state index contributed by atoms with van der Waals surface area (Å²) in [5.41, 5.74) is 6.93. The van der Waals surface area contributed by atoms with Gasteiger partial charge in [-0.15, -0.1) is 0 Å². The third-order valence-electron chi connectivity index (χ3n) is 2.92. The van der Waals surface area contributed by atoms with E-state index >= 15 is 0 Å². The average Bonchev–Trinajstić information content (AvgIpc) is 2.77. The molecule has 2 rings (SSSR count). The zero-order chi connectivity index (χ0) is 12.1. The van der Waals surface area contributed by atoms with Crippen molar-refractivity contribution in [1.29, 1.82) is 0 Å². The maximum Gasteiger partial charge on any atom is 0.227 e. The highest BCUT2D eigenvalue weighted by Crippen LogP contribution is 2.11. The largest absolute Gasteiger partial charge is 0.379 e. The van der Waals surface area contributed by atoms with Gasteiger partial charge in [0.2, 0.25) is 5.91 Å². The lowest BCUT2D eigenvalue weighted by Gasteiger charge is -2.13. The molecule has 0 bridgehead atoms. The third-order valence-corrected chi connectivity index (χ3v) is 2.92. The molecule has 5 nitrogen and oxygen atoms in total. The molecule has 1 aromatic rings. The second kappa shape index (κ2) is 5.75. The molecule has 1 amide bonds. The normalized spacial score (nSPS) is 23.6. The molecule has 17 heavy (non-hydrogen) atoms. The minimum absolute atomic E-state index is 0.0101. The number of nitrogens with zero attached hydrogens (tertiary/aromatic N) is 1. The molecule has 2 heterocycles. The van der Waals surface area contributed by atoms with E-state index in [-0.39, 0.29) is 17.9 Å². The minimum Gasteiger partial charge on any atom is -0.379 e. The lowest BCUT2D eigenvalue weighted by Crippen LogP contribution is -2.41. The summed E-state index contributed by atoms with van der Waals surface area (Å²) in [7, 11) is 0. The number of hydrogen-bond acceptors (Lipinski definition) is 4. The molecule has 1 aromatic heterocycles. The summed E-state index contributed by atoms with van der Waals surface area (Å²) in [5.74, 6) is -0.212. The van der Waals surface area contributed by atoms with Gasteiger partial charge in [0.05, 0.1) is 19.1 Å². The van der Waals surface area contributed by atoms with E-state index in [9.17, 15) is 4.79 Å². The summed E-state index contributed by atoms with van der Waals surface area (Å²) >= 11 is 0. The van der Waals surface area contributed by atoms with E-state index in [0.29, 0.717) is 19.8 Å². The Morgan fingerprint density at radius 2 is 2.24 bits per heavy atom. The molecular weight excluding hydrogens is 218 g/mol. The topological polar surface area (TPSA) is 77.2 Å². The van der Waals surface area contributed by atoms with Crippen molar-refractivity contribution < 1.29 is 9.53 Å². The number of pyridine rings is 1. The van der Waals surface area contributed by atoms with Crippen molar-refractivity contribution in [1.82, 2.24) is 10.3 Å². The Morgan fingerprint density at radius 1 is 1.47 bits per heavy atom. The second-order valence-corrected chi connectivity index (χ2v) is 4.20. The molecular formula is C12H17N3O2. The molecule has 1 aliphatic heterocycles. The van der Waals surface area contributed by atoms with E-state index in [0.717, 1.165) is 12.0 Å². The van der Waals surface area contributed by atoms with Gasteiger partial charge in [0.1, 0.15) is 0 Å². The van der Waals surface area contributed by atoms with Gasteiger partial charge in [-0.3, -0.25) is 9.78 Å². The molecule has 0 aromatic carbocycles. The standard InChI is InChI=1S/C12H17N3O2/c13-11-8-17-7-10(11)12(16)15-6-3-9-1-4-14-5-2-9/h1-2,4-5,10-11H,3,6-8,13H2,(H,15,16). The number of aromatic nitrogens is 1. The Labute approximate surface area is 100 Å². The zero-order valence-corrected chi connectivity index (χ0v) is 9.63. The van der Waals surface area contributed by atoms with Gasteiger partial charge in [-0.1, -0.05) is 0 Å². The molecule has 1 saturated heterocycles. The van der Waals surface area contributed by atoms with Crippen LogP contribution in [0.4, 0.5) is 0 Å². The zero-order valence-electron chi connectivity index (χ0n) is 9.63. The molecule has 3 N–H and O–H groups in total. The Hall–Kier alpha value is -1.46. The fraction of sp³-hybridized carbons (Fsp3) is 0.500.